The first kappa shape index (κ1) is 14.4. The van der Waals surface area contributed by atoms with E-state index in [1.54, 1.807) is 6.92 Å². The van der Waals surface area contributed by atoms with E-state index >= 15 is 0 Å². The average molecular weight is 288 g/mol. The number of phenols is 3. The fraction of sp³-hybridized carbons (Fsp3) is 0.0667. The Morgan fingerprint density at radius 1 is 0.952 bits per heavy atom. The lowest BCUT2D eigenvalue weighted by atomic mass is 9.95. The normalized spacial score (nSPS) is 10.3. The van der Waals surface area contributed by atoms with Crippen molar-refractivity contribution in [1.82, 2.24) is 0 Å². The average Bonchev–Trinajstić information content (AvgIpc) is 2.41. The van der Waals surface area contributed by atoms with Crippen molar-refractivity contribution in [1.29, 1.82) is 0 Å². The van der Waals surface area contributed by atoms with Crippen molar-refractivity contribution in [2.75, 3.05) is 0 Å². The Kier molecular flexibility index (Phi) is 3.54. The summed E-state index contributed by atoms with van der Waals surface area (Å²) >= 11 is 0. The molecule has 0 saturated heterocycles. The number of aromatic carboxylic acids is 1. The van der Waals surface area contributed by atoms with Crippen LogP contribution in [0.2, 0.25) is 0 Å². The molecular weight excluding hydrogens is 276 g/mol. The van der Waals surface area contributed by atoms with Crippen molar-refractivity contribution < 1.29 is 30.0 Å². The standard InChI is InChI=1S/C15H12O6/c1-7-5-9(14(19)11(17)6-7)13(18)8-3-2-4-10(16)12(8)15(20)21/h2-6,16-17,19H,1H3,(H,20,21). The molecular formula is C15H12O6. The van der Waals surface area contributed by atoms with Crippen molar-refractivity contribution in [2.45, 2.75) is 6.92 Å². The van der Waals surface area contributed by atoms with E-state index in [4.69, 9.17) is 5.11 Å². The molecule has 2 aromatic carbocycles. The third kappa shape index (κ3) is 2.51. The number of ketones is 1. The number of carboxylic acids is 1. The molecule has 108 valence electrons. The fourth-order valence-corrected chi connectivity index (χ4v) is 2.03. The minimum absolute atomic E-state index is 0.236. The molecule has 6 nitrogen and oxygen atoms in total. The molecule has 0 unspecified atom stereocenters. The lowest BCUT2D eigenvalue weighted by Crippen LogP contribution is -2.10. The zero-order chi connectivity index (χ0) is 15.7. The maximum atomic E-state index is 12.4. The summed E-state index contributed by atoms with van der Waals surface area (Å²) in [5, 5.41) is 38.0. The van der Waals surface area contributed by atoms with Gasteiger partial charge >= 0.3 is 5.97 Å². The van der Waals surface area contributed by atoms with Crippen LogP contribution in [-0.4, -0.2) is 32.2 Å². The van der Waals surface area contributed by atoms with Crippen LogP contribution in [0.25, 0.3) is 0 Å². The van der Waals surface area contributed by atoms with E-state index in [1.165, 1.54) is 24.3 Å². The number of hydrogen-bond acceptors (Lipinski definition) is 5. The van der Waals surface area contributed by atoms with E-state index in [2.05, 4.69) is 0 Å². The van der Waals surface area contributed by atoms with Crippen LogP contribution in [-0.2, 0) is 0 Å². The Morgan fingerprint density at radius 3 is 2.24 bits per heavy atom. The molecule has 0 aliphatic rings. The van der Waals surface area contributed by atoms with Gasteiger partial charge in [-0.1, -0.05) is 6.07 Å². The number of aromatic hydroxyl groups is 3. The lowest BCUT2D eigenvalue weighted by molar-refractivity contribution is 0.0689. The van der Waals surface area contributed by atoms with Gasteiger partial charge in [-0.05, 0) is 36.8 Å². The van der Waals surface area contributed by atoms with Gasteiger partial charge in [0.15, 0.2) is 17.3 Å². The number of carbonyl (C=O) groups excluding carboxylic acids is 1. The highest BCUT2D eigenvalue weighted by Crippen LogP contribution is 2.33. The molecule has 0 atom stereocenters. The molecule has 0 radical (unpaired) electrons. The number of phenolic OH excluding ortho intramolecular Hbond substituents is 2. The summed E-state index contributed by atoms with van der Waals surface area (Å²) in [6, 6.07) is 6.29. The molecule has 0 saturated carbocycles. The first-order valence-electron chi connectivity index (χ1n) is 5.95. The second-order valence-electron chi connectivity index (χ2n) is 4.51. The number of aryl methyl sites for hydroxylation is 1. The topological polar surface area (TPSA) is 115 Å². The summed E-state index contributed by atoms with van der Waals surface area (Å²) in [6.07, 6.45) is 0. The zero-order valence-corrected chi connectivity index (χ0v) is 11.0. The number of carboxylic acid groups (broad SMARTS) is 1. The van der Waals surface area contributed by atoms with Gasteiger partial charge in [0.1, 0.15) is 11.3 Å². The van der Waals surface area contributed by atoms with Crippen LogP contribution < -0.4 is 0 Å². The summed E-state index contributed by atoms with van der Waals surface area (Å²) in [5.74, 6) is -3.93. The van der Waals surface area contributed by atoms with Crippen LogP contribution in [0.3, 0.4) is 0 Å². The Balaban J connectivity index is 2.67. The highest BCUT2D eigenvalue weighted by atomic mass is 16.4. The molecule has 0 aromatic heterocycles. The van der Waals surface area contributed by atoms with Crippen LogP contribution in [0.5, 0.6) is 17.2 Å². The molecule has 0 heterocycles. The minimum Gasteiger partial charge on any atom is -0.507 e. The molecule has 0 bridgehead atoms. The van der Waals surface area contributed by atoms with Gasteiger partial charge in [-0.2, -0.15) is 0 Å². The van der Waals surface area contributed by atoms with Gasteiger partial charge in [0, 0.05) is 5.56 Å². The highest BCUT2D eigenvalue weighted by Gasteiger charge is 2.24. The zero-order valence-electron chi connectivity index (χ0n) is 11.0. The predicted octanol–water partition coefficient (Wildman–Crippen LogP) is 2.04. The maximum Gasteiger partial charge on any atom is 0.340 e. The van der Waals surface area contributed by atoms with Crippen molar-refractivity contribution in [3.63, 3.8) is 0 Å². The molecule has 0 aliphatic carbocycles. The lowest BCUT2D eigenvalue weighted by Gasteiger charge is -2.10. The van der Waals surface area contributed by atoms with Gasteiger partial charge < -0.3 is 20.4 Å². The molecule has 0 aliphatic heterocycles. The summed E-state index contributed by atoms with van der Waals surface area (Å²) in [6.45, 7) is 1.61. The van der Waals surface area contributed by atoms with Crippen LogP contribution >= 0.6 is 0 Å². The van der Waals surface area contributed by atoms with Crippen LogP contribution in [0.4, 0.5) is 0 Å². The van der Waals surface area contributed by atoms with Gasteiger partial charge in [-0.15, -0.1) is 0 Å². The summed E-state index contributed by atoms with van der Waals surface area (Å²) in [5.41, 5.74) is -0.544. The molecule has 0 amide bonds. The molecule has 4 N–H and O–H groups in total. The van der Waals surface area contributed by atoms with Crippen molar-refractivity contribution in [3.8, 4) is 17.2 Å². The van der Waals surface area contributed by atoms with Gasteiger partial charge in [0.2, 0.25) is 0 Å². The number of rotatable bonds is 3. The maximum absolute atomic E-state index is 12.4. The van der Waals surface area contributed by atoms with Crippen LogP contribution in [0.1, 0.15) is 31.8 Å². The predicted molar refractivity (Wildman–Crippen MR) is 73.0 cm³/mol. The van der Waals surface area contributed by atoms with E-state index in [-0.39, 0.29) is 11.1 Å². The van der Waals surface area contributed by atoms with Crippen LogP contribution in [0.15, 0.2) is 30.3 Å². The second-order valence-corrected chi connectivity index (χ2v) is 4.51. The molecule has 6 heteroatoms. The van der Waals surface area contributed by atoms with Crippen molar-refractivity contribution >= 4 is 11.8 Å². The van der Waals surface area contributed by atoms with Gasteiger partial charge in [0.05, 0.1) is 5.56 Å². The van der Waals surface area contributed by atoms with Crippen molar-refractivity contribution in [2.24, 2.45) is 0 Å². The van der Waals surface area contributed by atoms with E-state index in [0.29, 0.717) is 5.56 Å². The van der Waals surface area contributed by atoms with E-state index in [9.17, 15) is 24.9 Å². The summed E-state index contributed by atoms with van der Waals surface area (Å²) in [7, 11) is 0. The van der Waals surface area contributed by atoms with Crippen LogP contribution in [0, 0.1) is 6.92 Å². The monoisotopic (exact) mass is 288 g/mol. The molecule has 0 spiro atoms. The van der Waals surface area contributed by atoms with E-state index < -0.39 is 34.6 Å². The second kappa shape index (κ2) is 5.16. The third-order valence-electron chi connectivity index (χ3n) is 2.98. The molecule has 21 heavy (non-hydrogen) atoms. The first-order valence-corrected chi connectivity index (χ1v) is 5.95. The molecule has 0 fully saturated rings. The summed E-state index contributed by atoms with van der Waals surface area (Å²) < 4.78 is 0. The number of benzene rings is 2. The SMILES string of the molecule is Cc1cc(O)c(O)c(C(=O)c2cccc(O)c2C(=O)O)c1. The largest absolute Gasteiger partial charge is 0.507 e. The van der Waals surface area contributed by atoms with E-state index in [1.807, 2.05) is 0 Å². The highest BCUT2D eigenvalue weighted by molar-refractivity contribution is 6.16. The van der Waals surface area contributed by atoms with E-state index in [0.717, 1.165) is 6.07 Å². The smallest absolute Gasteiger partial charge is 0.340 e. The third-order valence-corrected chi connectivity index (χ3v) is 2.98. The number of hydrogen-bond donors (Lipinski definition) is 4. The number of carbonyl (C=O) groups is 2. The van der Waals surface area contributed by atoms with Gasteiger partial charge in [-0.25, -0.2) is 4.79 Å². The quantitative estimate of drug-likeness (QED) is 0.507. The Bertz CT molecular complexity index is 748. The summed E-state index contributed by atoms with van der Waals surface area (Å²) in [4.78, 5) is 23.6. The van der Waals surface area contributed by atoms with Crippen molar-refractivity contribution in [3.05, 3.63) is 52.6 Å². The van der Waals surface area contributed by atoms with Gasteiger partial charge in [-0.3, -0.25) is 4.79 Å². The molecule has 2 aromatic rings. The first-order chi connectivity index (χ1) is 9.82. The fourth-order valence-electron chi connectivity index (χ4n) is 2.03. The van der Waals surface area contributed by atoms with Gasteiger partial charge in [0.25, 0.3) is 0 Å². The Hall–Kier alpha value is -3.02. The Labute approximate surface area is 119 Å². The molecule has 2 rings (SSSR count). The minimum atomic E-state index is -1.46. The Morgan fingerprint density at radius 2 is 1.62 bits per heavy atom.